The fourth-order valence-corrected chi connectivity index (χ4v) is 1.44. The van der Waals surface area contributed by atoms with Crippen LogP contribution in [-0.2, 0) is 0 Å². The summed E-state index contributed by atoms with van der Waals surface area (Å²) in [5.74, 6) is 0.0251. The van der Waals surface area contributed by atoms with Crippen LogP contribution in [0.4, 0.5) is 13.2 Å². The molecule has 0 bridgehead atoms. The summed E-state index contributed by atoms with van der Waals surface area (Å²) in [5.41, 5.74) is -4.14. The number of hydrogen-bond acceptors (Lipinski definition) is 3. The average molecular weight is 217 g/mol. The van der Waals surface area contributed by atoms with Gasteiger partial charge in [0.05, 0.1) is 6.61 Å². The van der Waals surface area contributed by atoms with Gasteiger partial charge in [0.25, 0.3) is 0 Å². The number of rotatable bonds is 6. The predicted molar refractivity (Wildman–Crippen MR) is 47.7 cm³/mol. The molecule has 0 radical (unpaired) electrons. The maximum absolute atomic E-state index is 11.7. The summed E-state index contributed by atoms with van der Waals surface area (Å²) in [5, 5.41) is 8.56. The number of nitrogens with zero attached hydrogens (tertiary/aromatic N) is 1. The minimum absolute atomic E-state index is 0.00940. The quantitative estimate of drug-likeness (QED) is 0.730. The van der Waals surface area contributed by atoms with Crippen LogP contribution in [0.1, 0.15) is 6.92 Å². The largest absolute Gasteiger partial charge is 0.441 e. The number of aliphatic hydroxyl groups excluding tert-OH is 1. The first kappa shape index (κ1) is 13.1. The molecule has 0 aromatic rings. The summed E-state index contributed by atoms with van der Waals surface area (Å²) >= 11 is -0.0202. The highest BCUT2D eigenvalue weighted by molar-refractivity contribution is 8.00. The summed E-state index contributed by atoms with van der Waals surface area (Å²) in [6, 6.07) is 0. The van der Waals surface area contributed by atoms with Crippen LogP contribution in [0.25, 0.3) is 0 Å². The second-order valence-corrected chi connectivity index (χ2v) is 3.61. The topological polar surface area (TPSA) is 23.5 Å². The van der Waals surface area contributed by atoms with Crippen molar-refractivity contribution in [1.82, 2.24) is 4.90 Å². The van der Waals surface area contributed by atoms with Gasteiger partial charge in [-0.2, -0.15) is 13.2 Å². The van der Waals surface area contributed by atoms with Gasteiger partial charge in [-0.3, -0.25) is 0 Å². The van der Waals surface area contributed by atoms with E-state index in [0.717, 1.165) is 0 Å². The Hall–Kier alpha value is 0.0600. The molecule has 0 fully saturated rings. The molecule has 0 aliphatic heterocycles. The highest BCUT2D eigenvalue weighted by Gasteiger charge is 2.27. The molecule has 0 aliphatic rings. The van der Waals surface area contributed by atoms with E-state index >= 15 is 0 Å². The molecule has 80 valence electrons. The van der Waals surface area contributed by atoms with Crippen LogP contribution in [0.2, 0.25) is 0 Å². The monoisotopic (exact) mass is 217 g/mol. The minimum Gasteiger partial charge on any atom is -0.395 e. The second kappa shape index (κ2) is 6.50. The normalized spacial score (nSPS) is 12.5. The van der Waals surface area contributed by atoms with Gasteiger partial charge >= 0.3 is 5.51 Å². The van der Waals surface area contributed by atoms with Gasteiger partial charge in [-0.25, -0.2) is 0 Å². The van der Waals surface area contributed by atoms with Gasteiger partial charge in [0.2, 0.25) is 0 Å². The molecule has 1 N–H and O–H groups in total. The van der Waals surface area contributed by atoms with Gasteiger partial charge in [-0.1, -0.05) is 6.92 Å². The van der Waals surface area contributed by atoms with E-state index in [9.17, 15) is 13.2 Å². The number of hydrogen-bond donors (Lipinski definition) is 1. The van der Waals surface area contributed by atoms with Crippen molar-refractivity contribution in [3.63, 3.8) is 0 Å². The highest BCUT2D eigenvalue weighted by atomic mass is 32.2. The summed E-state index contributed by atoms with van der Waals surface area (Å²) < 4.78 is 35.1. The Balaban J connectivity index is 3.49. The number of thioether (sulfide) groups is 1. The van der Waals surface area contributed by atoms with Gasteiger partial charge in [0, 0.05) is 18.8 Å². The van der Waals surface area contributed by atoms with Crippen molar-refractivity contribution >= 4 is 11.8 Å². The molecule has 0 atom stereocenters. The molecular formula is C7H14F3NOS. The zero-order valence-electron chi connectivity index (χ0n) is 7.47. The first-order chi connectivity index (χ1) is 5.99. The molecule has 0 heterocycles. The van der Waals surface area contributed by atoms with Crippen LogP contribution < -0.4 is 0 Å². The van der Waals surface area contributed by atoms with Crippen LogP contribution >= 0.6 is 11.8 Å². The van der Waals surface area contributed by atoms with Gasteiger partial charge in [-0.05, 0) is 18.3 Å². The Morgan fingerprint density at radius 2 is 1.92 bits per heavy atom. The maximum Gasteiger partial charge on any atom is 0.441 e. The molecule has 0 aliphatic carbocycles. The fraction of sp³-hybridized carbons (Fsp3) is 1.00. The van der Waals surface area contributed by atoms with E-state index < -0.39 is 5.51 Å². The minimum atomic E-state index is -4.14. The van der Waals surface area contributed by atoms with Crippen molar-refractivity contribution in [2.45, 2.75) is 12.4 Å². The van der Waals surface area contributed by atoms with Crippen molar-refractivity contribution in [3.05, 3.63) is 0 Å². The summed E-state index contributed by atoms with van der Waals surface area (Å²) in [4.78, 5) is 1.78. The van der Waals surface area contributed by atoms with Crippen LogP contribution in [0.5, 0.6) is 0 Å². The zero-order chi connectivity index (χ0) is 10.3. The lowest BCUT2D eigenvalue weighted by molar-refractivity contribution is -0.0328. The van der Waals surface area contributed by atoms with E-state index in [1.165, 1.54) is 0 Å². The third-order valence-electron chi connectivity index (χ3n) is 1.54. The Bertz CT molecular complexity index is 131. The Labute approximate surface area is 80.1 Å². The molecule has 0 aromatic heterocycles. The van der Waals surface area contributed by atoms with E-state index in [-0.39, 0.29) is 24.1 Å². The van der Waals surface area contributed by atoms with E-state index in [4.69, 9.17) is 5.11 Å². The van der Waals surface area contributed by atoms with Crippen LogP contribution in [0, 0.1) is 0 Å². The lowest BCUT2D eigenvalue weighted by Gasteiger charge is -2.18. The maximum atomic E-state index is 11.7. The van der Waals surface area contributed by atoms with E-state index in [1.54, 1.807) is 4.90 Å². The first-order valence-electron chi connectivity index (χ1n) is 4.03. The Morgan fingerprint density at radius 1 is 1.31 bits per heavy atom. The Kier molecular flexibility index (Phi) is 6.53. The standard InChI is InChI=1S/C7H14F3NOS/c1-2-11(3-5-12)4-6-13-7(8,9)10/h12H,2-6H2,1H3. The van der Waals surface area contributed by atoms with Crippen molar-refractivity contribution in [2.24, 2.45) is 0 Å². The molecule has 0 saturated carbocycles. The predicted octanol–water partition coefficient (Wildman–Crippen LogP) is 1.55. The molecule has 2 nitrogen and oxygen atoms in total. The molecule has 0 amide bonds. The number of alkyl halides is 3. The van der Waals surface area contributed by atoms with Crippen LogP contribution in [-0.4, -0.2) is 47.5 Å². The van der Waals surface area contributed by atoms with E-state index in [2.05, 4.69) is 0 Å². The number of aliphatic hydroxyl groups is 1. The first-order valence-corrected chi connectivity index (χ1v) is 5.02. The third-order valence-corrected chi connectivity index (χ3v) is 2.25. The second-order valence-electron chi connectivity index (χ2n) is 2.45. The molecule has 13 heavy (non-hydrogen) atoms. The van der Waals surface area contributed by atoms with Crippen molar-refractivity contribution < 1.29 is 18.3 Å². The van der Waals surface area contributed by atoms with E-state index in [1.807, 2.05) is 6.92 Å². The molecule has 0 aromatic carbocycles. The smallest absolute Gasteiger partial charge is 0.395 e. The lowest BCUT2D eigenvalue weighted by atomic mass is 10.5. The average Bonchev–Trinajstić information content (AvgIpc) is 2.01. The molecular weight excluding hydrogens is 203 g/mol. The van der Waals surface area contributed by atoms with Crippen LogP contribution in [0.3, 0.4) is 0 Å². The van der Waals surface area contributed by atoms with Crippen molar-refractivity contribution in [1.29, 1.82) is 0 Å². The zero-order valence-corrected chi connectivity index (χ0v) is 8.29. The van der Waals surface area contributed by atoms with Crippen LogP contribution in [0.15, 0.2) is 0 Å². The number of halogens is 3. The van der Waals surface area contributed by atoms with Crippen molar-refractivity contribution in [3.8, 4) is 0 Å². The summed E-state index contributed by atoms with van der Waals surface area (Å²) in [6.07, 6.45) is 0. The summed E-state index contributed by atoms with van der Waals surface area (Å²) in [6.45, 7) is 3.31. The van der Waals surface area contributed by atoms with Crippen molar-refractivity contribution in [2.75, 3.05) is 32.0 Å². The molecule has 0 saturated heterocycles. The van der Waals surface area contributed by atoms with Gasteiger partial charge in [-0.15, -0.1) is 0 Å². The Morgan fingerprint density at radius 3 is 2.31 bits per heavy atom. The number of likely N-dealkylation sites (N-methyl/N-ethyl adjacent to an activating group) is 1. The molecule has 0 unspecified atom stereocenters. The SMILES string of the molecule is CCN(CCO)CCSC(F)(F)F. The summed E-state index contributed by atoms with van der Waals surface area (Å²) in [7, 11) is 0. The third kappa shape index (κ3) is 8.39. The van der Waals surface area contributed by atoms with Gasteiger partial charge < -0.3 is 10.0 Å². The fourth-order valence-electron chi connectivity index (χ4n) is 0.860. The highest BCUT2D eigenvalue weighted by Crippen LogP contribution is 2.29. The lowest BCUT2D eigenvalue weighted by Crippen LogP contribution is -2.29. The van der Waals surface area contributed by atoms with Gasteiger partial charge in [0.15, 0.2) is 0 Å². The van der Waals surface area contributed by atoms with Gasteiger partial charge in [0.1, 0.15) is 0 Å². The molecule has 6 heteroatoms. The molecule has 0 rings (SSSR count). The van der Waals surface area contributed by atoms with E-state index in [0.29, 0.717) is 19.6 Å². The molecule has 0 spiro atoms.